The third kappa shape index (κ3) is 2.84. The summed E-state index contributed by atoms with van der Waals surface area (Å²) in [6.45, 7) is 1.90. The Bertz CT molecular complexity index is 154. The van der Waals surface area contributed by atoms with Crippen LogP contribution in [0.25, 0.3) is 0 Å². The molecule has 0 aliphatic carbocycles. The molecule has 0 aromatic heterocycles. The molecule has 4 atom stereocenters. The maximum atomic E-state index is 9.62. The van der Waals surface area contributed by atoms with Crippen molar-refractivity contribution >= 4 is 10.9 Å². The molecular weight excluding hydrogens is 188 g/mol. The van der Waals surface area contributed by atoms with Crippen molar-refractivity contribution < 1.29 is 15.3 Å². The number of aliphatic hydroxyl groups excluding tert-OH is 3. The molecule has 3 nitrogen and oxygen atoms in total. The second kappa shape index (κ2) is 5.20. The molecule has 1 rings (SSSR count). The number of aliphatic hydroxyl groups is 3. The molecule has 0 bridgehead atoms. The van der Waals surface area contributed by atoms with Gasteiger partial charge in [0.15, 0.2) is 0 Å². The van der Waals surface area contributed by atoms with Crippen molar-refractivity contribution in [2.24, 2.45) is 5.92 Å². The van der Waals surface area contributed by atoms with Gasteiger partial charge in [0.2, 0.25) is 0 Å². The molecule has 1 unspecified atom stereocenters. The van der Waals surface area contributed by atoms with E-state index in [-0.39, 0.29) is 23.4 Å². The van der Waals surface area contributed by atoms with Crippen molar-refractivity contribution in [3.63, 3.8) is 0 Å². The maximum absolute atomic E-state index is 9.62. The Balaban J connectivity index is 2.41. The molecule has 0 aromatic rings. The first-order valence-corrected chi connectivity index (χ1v) is 6.53. The van der Waals surface area contributed by atoms with E-state index in [1.54, 1.807) is 0 Å². The van der Waals surface area contributed by atoms with Gasteiger partial charge in [0.25, 0.3) is 0 Å². The number of hydrogen-bond acceptors (Lipinski definition) is 3. The Labute approximate surface area is 82.1 Å². The van der Waals surface area contributed by atoms with Crippen molar-refractivity contribution in [2.45, 2.75) is 25.6 Å². The SMILES string of the molecule is CCC[S+]1C[C@H]([C@H](O)CO)[C@H](O)C1. The molecule has 3 N–H and O–H groups in total. The van der Waals surface area contributed by atoms with E-state index in [1.165, 1.54) is 0 Å². The van der Waals surface area contributed by atoms with Gasteiger partial charge in [-0.2, -0.15) is 0 Å². The van der Waals surface area contributed by atoms with Crippen molar-refractivity contribution in [2.75, 3.05) is 23.9 Å². The van der Waals surface area contributed by atoms with Gasteiger partial charge in [-0.15, -0.1) is 0 Å². The predicted octanol–water partition coefficient (Wildman–Crippen LogP) is -0.641. The van der Waals surface area contributed by atoms with E-state index in [2.05, 4.69) is 6.92 Å². The van der Waals surface area contributed by atoms with Gasteiger partial charge in [0, 0.05) is 0 Å². The fraction of sp³-hybridized carbons (Fsp3) is 1.00. The van der Waals surface area contributed by atoms with Crippen LogP contribution < -0.4 is 0 Å². The maximum Gasteiger partial charge on any atom is 0.134 e. The average Bonchev–Trinajstić information content (AvgIpc) is 2.46. The Hall–Kier alpha value is 0.230. The minimum atomic E-state index is -0.732. The van der Waals surface area contributed by atoms with Crippen LogP contribution in [0.5, 0.6) is 0 Å². The summed E-state index contributed by atoms with van der Waals surface area (Å²) in [5.41, 5.74) is 0. The molecule has 1 heterocycles. The lowest BCUT2D eigenvalue weighted by Gasteiger charge is -2.14. The lowest BCUT2D eigenvalue weighted by molar-refractivity contribution is 0.00718. The van der Waals surface area contributed by atoms with Crippen LogP contribution in [0.3, 0.4) is 0 Å². The van der Waals surface area contributed by atoms with Crippen LogP contribution in [0.1, 0.15) is 13.3 Å². The lowest BCUT2D eigenvalue weighted by Crippen LogP contribution is -2.32. The molecular formula is C9H19O3S+. The molecule has 0 radical (unpaired) electrons. The standard InChI is InChI=1S/C9H19O3S/c1-2-3-13-5-7(8(11)4-10)9(12)6-13/h7-12H,2-6H2,1H3/q+1/t7-,8-,9-,13?/m1/s1. The Kier molecular flexibility index (Phi) is 4.52. The highest BCUT2D eigenvalue weighted by atomic mass is 32.2. The Morgan fingerprint density at radius 2 is 2.15 bits per heavy atom. The van der Waals surface area contributed by atoms with E-state index in [9.17, 15) is 10.2 Å². The van der Waals surface area contributed by atoms with Crippen LogP contribution in [-0.4, -0.2) is 51.4 Å². The van der Waals surface area contributed by atoms with Gasteiger partial charge < -0.3 is 15.3 Å². The highest BCUT2D eigenvalue weighted by Crippen LogP contribution is 2.24. The van der Waals surface area contributed by atoms with Crippen molar-refractivity contribution in [1.29, 1.82) is 0 Å². The normalized spacial score (nSPS) is 36.5. The van der Waals surface area contributed by atoms with Gasteiger partial charge in [0.05, 0.1) is 18.6 Å². The Morgan fingerprint density at radius 3 is 2.69 bits per heavy atom. The van der Waals surface area contributed by atoms with Crippen LogP contribution in [0.4, 0.5) is 0 Å². The van der Waals surface area contributed by atoms with Gasteiger partial charge in [-0.1, -0.05) is 6.92 Å². The minimum Gasteiger partial charge on any atom is -0.394 e. The summed E-state index contributed by atoms with van der Waals surface area (Å²) in [6, 6.07) is 0. The van der Waals surface area contributed by atoms with E-state index >= 15 is 0 Å². The van der Waals surface area contributed by atoms with Gasteiger partial charge >= 0.3 is 0 Å². The molecule has 1 aliphatic rings. The van der Waals surface area contributed by atoms with Crippen LogP contribution in [-0.2, 0) is 10.9 Å². The summed E-state index contributed by atoms with van der Waals surface area (Å²) in [6.07, 6.45) is -0.000924. The van der Waals surface area contributed by atoms with E-state index in [0.29, 0.717) is 0 Å². The molecule has 0 saturated carbocycles. The minimum absolute atomic E-state index is 0.0973. The highest BCUT2D eigenvalue weighted by Gasteiger charge is 2.43. The van der Waals surface area contributed by atoms with E-state index in [0.717, 1.165) is 23.7 Å². The topological polar surface area (TPSA) is 60.7 Å². The van der Waals surface area contributed by atoms with E-state index < -0.39 is 12.2 Å². The fourth-order valence-electron chi connectivity index (χ4n) is 1.77. The van der Waals surface area contributed by atoms with Gasteiger partial charge in [-0.25, -0.2) is 0 Å². The molecule has 1 aliphatic heterocycles. The molecule has 1 fully saturated rings. The Morgan fingerprint density at radius 1 is 1.46 bits per heavy atom. The zero-order valence-electron chi connectivity index (χ0n) is 8.02. The summed E-state index contributed by atoms with van der Waals surface area (Å²) >= 11 is 0. The highest BCUT2D eigenvalue weighted by molar-refractivity contribution is 7.97. The van der Waals surface area contributed by atoms with E-state index in [1.807, 2.05) is 0 Å². The van der Waals surface area contributed by atoms with Crippen LogP contribution in [0.15, 0.2) is 0 Å². The van der Waals surface area contributed by atoms with Crippen molar-refractivity contribution in [3.8, 4) is 0 Å². The molecule has 1 saturated heterocycles. The number of rotatable bonds is 4. The largest absolute Gasteiger partial charge is 0.394 e. The number of hydrogen-bond donors (Lipinski definition) is 3. The third-order valence-corrected chi connectivity index (χ3v) is 5.16. The first kappa shape index (κ1) is 11.3. The molecule has 0 spiro atoms. The fourth-order valence-corrected chi connectivity index (χ4v) is 4.54. The van der Waals surface area contributed by atoms with Crippen molar-refractivity contribution in [3.05, 3.63) is 0 Å². The monoisotopic (exact) mass is 207 g/mol. The van der Waals surface area contributed by atoms with Gasteiger partial charge in [-0.3, -0.25) is 0 Å². The molecule has 4 heteroatoms. The molecule has 0 amide bonds. The first-order valence-electron chi connectivity index (χ1n) is 4.80. The predicted molar refractivity (Wildman–Crippen MR) is 54.8 cm³/mol. The van der Waals surface area contributed by atoms with Gasteiger partial charge in [-0.05, 0) is 17.3 Å². The van der Waals surface area contributed by atoms with Crippen LogP contribution >= 0.6 is 0 Å². The average molecular weight is 207 g/mol. The lowest BCUT2D eigenvalue weighted by atomic mass is 10.0. The van der Waals surface area contributed by atoms with Crippen LogP contribution in [0, 0.1) is 5.92 Å². The van der Waals surface area contributed by atoms with Crippen molar-refractivity contribution in [1.82, 2.24) is 0 Å². The third-order valence-electron chi connectivity index (χ3n) is 2.50. The second-order valence-electron chi connectivity index (χ2n) is 3.63. The second-order valence-corrected chi connectivity index (χ2v) is 5.93. The summed E-state index contributed by atoms with van der Waals surface area (Å²) in [4.78, 5) is 0. The zero-order valence-corrected chi connectivity index (χ0v) is 8.83. The molecule has 13 heavy (non-hydrogen) atoms. The summed E-state index contributed by atoms with van der Waals surface area (Å²) < 4.78 is 0. The quantitative estimate of drug-likeness (QED) is 0.537. The zero-order chi connectivity index (χ0) is 9.84. The molecule has 0 aromatic carbocycles. The smallest absolute Gasteiger partial charge is 0.134 e. The summed E-state index contributed by atoms with van der Waals surface area (Å²) in [5, 5.41) is 27.8. The van der Waals surface area contributed by atoms with E-state index in [4.69, 9.17) is 5.11 Å². The van der Waals surface area contributed by atoms with Crippen LogP contribution in [0.2, 0.25) is 0 Å². The summed E-state index contributed by atoms with van der Waals surface area (Å²) in [5.74, 6) is 2.75. The first-order chi connectivity index (χ1) is 6.19. The van der Waals surface area contributed by atoms with Gasteiger partial charge in [0.1, 0.15) is 23.4 Å². The molecule has 78 valence electrons. The summed E-state index contributed by atoms with van der Waals surface area (Å²) in [7, 11) is 0.269.